The van der Waals surface area contributed by atoms with Crippen LogP contribution in [0.15, 0.2) is 18.3 Å². The Balaban J connectivity index is 1.63. The number of phenols is 1. The summed E-state index contributed by atoms with van der Waals surface area (Å²) in [6.45, 7) is 2.58. The Kier molecular flexibility index (Phi) is 4.43. The molecule has 2 aromatic heterocycles. The van der Waals surface area contributed by atoms with Crippen LogP contribution in [0.4, 0.5) is 27.8 Å². The summed E-state index contributed by atoms with van der Waals surface area (Å²) in [5.74, 6) is -4.53. The Hall–Kier alpha value is -2.95. The van der Waals surface area contributed by atoms with Crippen molar-refractivity contribution in [3.05, 3.63) is 35.5 Å². The molecule has 1 N–H and O–H groups in total. The van der Waals surface area contributed by atoms with Crippen LogP contribution in [0.2, 0.25) is 0 Å². The minimum Gasteiger partial charge on any atom is -0.503 e. The van der Waals surface area contributed by atoms with Crippen LogP contribution in [-0.4, -0.2) is 57.0 Å². The molecule has 3 heterocycles. The molecule has 0 atom stereocenters. The van der Waals surface area contributed by atoms with E-state index >= 15 is 0 Å². The number of aryl methyl sites for hydroxylation is 1. The number of piperazine rings is 1. The number of anilines is 1. The van der Waals surface area contributed by atoms with Gasteiger partial charge in [0.2, 0.25) is 0 Å². The number of rotatable bonds is 2. The molecule has 0 amide bonds. The van der Waals surface area contributed by atoms with Gasteiger partial charge in [-0.05, 0) is 26.0 Å². The van der Waals surface area contributed by atoms with Gasteiger partial charge in [-0.2, -0.15) is 18.3 Å². The minimum absolute atomic E-state index is 0.0333. The third kappa shape index (κ3) is 3.09. The van der Waals surface area contributed by atoms with Gasteiger partial charge in [0.15, 0.2) is 17.4 Å². The lowest BCUT2D eigenvalue weighted by Crippen LogP contribution is -2.54. The highest BCUT2D eigenvalue weighted by molar-refractivity contribution is 5.94. The van der Waals surface area contributed by atoms with E-state index in [-0.39, 0.29) is 11.2 Å². The second kappa shape index (κ2) is 6.77. The molecule has 1 aliphatic heterocycles. The van der Waals surface area contributed by atoms with Gasteiger partial charge in [-0.1, -0.05) is 0 Å². The van der Waals surface area contributed by atoms with E-state index in [1.165, 1.54) is 10.9 Å². The number of hydrogen-bond acceptors (Lipinski definition) is 5. The SMILES string of the molecule is CN1CCN(c2cc3c(cn2)c(-c2cc(C(F)(F)F)c(F)c(O)c2F)nn3C)C2(CC2)C1. The van der Waals surface area contributed by atoms with E-state index in [1.807, 2.05) is 0 Å². The molecular weight excluding hydrogens is 433 g/mol. The second-order valence-corrected chi connectivity index (χ2v) is 8.59. The molecule has 1 aromatic carbocycles. The van der Waals surface area contributed by atoms with E-state index in [0.717, 1.165) is 38.3 Å². The molecule has 32 heavy (non-hydrogen) atoms. The highest BCUT2D eigenvalue weighted by Crippen LogP contribution is 2.46. The number of benzene rings is 1. The molecular formula is C21H20F5N5O. The highest BCUT2D eigenvalue weighted by atomic mass is 19.4. The fraction of sp³-hybridized carbons (Fsp3) is 0.429. The number of phenolic OH excluding ortho intramolecular Hbond substituents is 1. The van der Waals surface area contributed by atoms with Crippen LogP contribution >= 0.6 is 0 Å². The summed E-state index contributed by atoms with van der Waals surface area (Å²) in [5.41, 5.74) is -1.99. The quantitative estimate of drug-likeness (QED) is 0.596. The normalized spacial score (nSPS) is 18.7. The van der Waals surface area contributed by atoms with Gasteiger partial charge in [0.25, 0.3) is 0 Å². The standard InChI is InChI=1S/C21H20F5N5O/c1-29-5-6-31(20(10-29)3-4-20)15-8-14-12(9-27-15)18(28-30(14)2)11-7-13(21(24,25)26)17(23)19(32)16(11)22/h7-9,32H,3-6,10H2,1-2H3. The molecule has 5 rings (SSSR count). The van der Waals surface area contributed by atoms with Crippen LogP contribution in [0.1, 0.15) is 18.4 Å². The predicted molar refractivity (Wildman–Crippen MR) is 107 cm³/mol. The van der Waals surface area contributed by atoms with Gasteiger partial charge in [-0.3, -0.25) is 4.68 Å². The lowest BCUT2D eigenvalue weighted by molar-refractivity contribution is -0.140. The first-order valence-electron chi connectivity index (χ1n) is 10.1. The maximum Gasteiger partial charge on any atom is 0.419 e. The third-order valence-electron chi connectivity index (χ3n) is 6.41. The van der Waals surface area contributed by atoms with Crippen molar-refractivity contribution in [3.63, 3.8) is 0 Å². The monoisotopic (exact) mass is 453 g/mol. The van der Waals surface area contributed by atoms with Crippen LogP contribution in [0.5, 0.6) is 5.75 Å². The van der Waals surface area contributed by atoms with Crippen molar-refractivity contribution in [1.82, 2.24) is 19.7 Å². The van der Waals surface area contributed by atoms with E-state index in [2.05, 4.69) is 26.9 Å². The molecule has 3 aromatic rings. The number of halogens is 5. The average molecular weight is 453 g/mol. The first kappa shape index (κ1) is 20.9. The Morgan fingerprint density at radius 2 is 1.78 bits per heavy atom. The Bertz CT molecular complexity index is 1230. The van der Waals surface area contributed by atoms with Crippen LogP contribution in [0, 0.1) is 11.6 Å². The largest absolute Gasteiger partial charge is 0.503 e. The van der Waals surface area contributed by atoms with Crippen molar-refractivity contribution in [3.8, 4) is 17.0 Å². The topological polar surface area (TPSA) is 57.4 Å². The number of alkyl halides is 3. The Morgan fingerprint density at radius 3 is 2.44 bits per heavy atom. The van der Waals surface area contributed by atoms with Crippen LogP contribution < -0.4 is 4.90 Å². The van der Waals surface area contributed by atoms with Gasteiger partial charge >= 0.3 is 6.18 Å². The molecule has 11 heteroatoms. The van der Waals surface area contributed by atoms with E-state index in [0.29, 0.717) is 17.0 Å². The van der Waals surface area contributed by atoms with E-state index in [1.54, 1.807) is 13.1 Å². The van der Waals surface area contributed by atoms with Gasteiger partial charge in [-0.15, -0.1) is 0 Å². The second-order valence-electron chi connectivity index (χ2n) is 8.59. The van der Waals surface area contributed by atoms with Crippen molar-refractivity contribution in [2.75, 3.05) is 31.6 Å². The fourth-order valence-electron chi connectivity index (χ4n) is 4.59. The Morgan fingerprint density at radius 1 is 1.06 bits per heavy atom. The molecule has 1 aliphatic carbocycles. The Labute approximate surface area is 179 Å². The molecule has 1 saturated carbocycles. The minimum atomic E-state index is -5.11. The summed E-state index contributed by atoms with van der Waals surface area (Å²) in [5, 5.41) is 14.1. The third-order valence-corrected chi connectivity index (χ3v) is 6.41. The maximum atomic E-state index is 14.6. The molecule has 1 saturated heterocycles. The number of fused-ring (bicyclic) bond motifs is 1. The van der Waals surface area contributed by atoms with Crippen LogP contribution in [0.25, 0.3) is 22.2 Å². The van der Waals surface area contributed by atoms with Crippen LogP contribution in [0.3, 0.4) is 0 Å². The van der Waals surface area contributed by atoms with Gasteiger partial charge in [0.05, 0.1) is 16.6 Å². The highest BCUT2D eigenvalue weighted by Gasteiger charge is 2.51. The zero-order valence-electron chi connectivity index (χ0n) is 17.3. The summed E-state index contributed by atoms with van der Waals surface area (Å²) in [4.78, 5) is 9.02. The molecule has 2 fully saturated rings. The molecule has 2 aliphatic rings. The number of pyridine rings is 1. The van der Waals surface area contributed by atoms with Crippen LogP contribution in [-0.2, 0) is 13.2 Å². The van der Waals surface area contributed by atoms with Gasteiger partial charge in [-0.25, -0.2) is 13.8 Å². The average Bonchev–Trinajstić information content (AvgIpc) is 3.40. The summed E-state index contributed by atoms with van der Waals surface area (Å²) >= 11 is 0. The maximum absolute atomic E-state index is 14.6. The van der Waals surface area contributed by atoms with Crippen molar-refractivity contribution in [2.24, 2.45) is 7.05 Å². The summed E-state index contributed by atoms with van der Waals surface area (Å²) < 4.78 is 69.6. The fourth-order valence-corrected chi connectivity index (χ4v) is 4.59. The molecule has 0 unspecified atom stereocenters. The van der Waals surface area contributed by atoms with Crippen molar-refractivity contribution < 1.29 is 27.1 Å². The predicted octanol–water partition coefficient (Wildman–Crippen LogP) is 3.92. The first-order chi connectivity index (χ1) is 15.0. The molecule has 6 nitrogen and oxygen atoms in total. The lowest BCUT2D eigenvalue weighted by Gasteiger charge is -2.41. The summed E-state index contributed by atoms with van der Waals surface area (Å²) in [6.07, 6.45) is -1.57. The zero-order valence-corrected chi connectivity index (χ0v) is 17.3. The number of likely N-dealkylation sites (N-methyl/N-ethyl adjacent to an activating group) is 1. The summed E-state index contributed by atoms with van der Waals surface area (Å²) in [7, 11) is 3.65. The van der Waals surface area contributed by atoms with Gasteiger partial charge < -0.3 is 14.9 Å². The summed E-state index contributed by atoms with van der Waals surface area (Å²) in [6, 6.07) is 2.11. The van der Waals surface area contributed by atoms with Crippen molar-refractivity contribution in [1.29, 1.82) is 0 Å². The van der Waals surface area contributed by atoms with Crippen molar-refractivity contribution in [2.45, 2.75) is 24.6 Å². The number of hydrogen-bond donors (Lipinski definition) is 1. The zero-order chi connectivity index (χ0) is 23.0. The molecule has 170 valence electrons. The first-order valence-corrected chi connectivity index (χ1v) is 10.1. The number of aromatic nitrogens is 3. The van der Waals surface area contributed by atoms with Gasteiger partial charge in [0.1, 0.15) is 11.5 Å². The van der Waals surface area contributed by atoms with E-state index < -0.39 is 34.7 Å². The van der Waals surface area contributed by atoms with E-state index in [9.17, 15) is 27.1 Å². The molecule has 0 radical (unpaired) electrons. The number of nitrogens with zero attached hydrogens (tertiary/aromatic N) is 5. The lowest BCUT2D eigenvalue weighted by atomic mass is 10.0. The van der Waals surface area contributed by atoms with E-state index in [4.69, 9.17) is 0 Å². The van der Waals surface area contributed by atoms with Crippen molar-refractivity contribution >= 4 is 16.7 Å². The number of aromatic hydroxyl groups is 1. The van der Waals surface area contributed by atoms with Gasteiger partial charge in [0, 0.05) is 49.9 Å². The molecule has 1 spiro atoms. The smallest absolute Gasteiger partial charge is 0.419 e. The molecule has 0 bridgehead atoms.